The van der Waals surface area contributed by atoms with Crippen LogP contribution >= 0.6 is 0 Å². The summed E-state index contributed by atoms with van der Waals surface area (Å²) in [5.74, 6) is -1.02. The van der Waals surface area contributed by atoms with Crippen molar-refractivity contribution in [3.63, 3.8) is 0 Å². The van der Waals surface area contributed by atoms with Crippen molar-refractivity contribution in [1.82, 2.24) is 4.98 Å². The van der Waals surface area contributed by atoms with E-state index in [0.29, 0.717) is 11.3 Å². The highest BCUT2D eigenvalue weighted by Gasteiger charge is 2.29. The Morgan fingerprint density at radius 3 is 2.87 bits per heavy atom. The van der Waals surface area contributed by atoms with E-state index in [0.717, 1.165) is 0 Å². The molecular formula is C10H9NO4. The van der Waals surface area contributed by atoms with Crippen LogP contribution in [0.5, 0.6) is 5.88 Å². The number of nitrogens with zero attached hydrogens (tertiary/aromatic N) is 1. The second kappa shape index (κ2) is 3.34. The minimum atomic E-state index is -0.689. The first kappa shape index (κ1) is 9.64. The number of esters is 2. The molecule has 0 atom stereocenters. The SMILES string of the molecule is COc1nc(C)cc2c1C(=O)OC(=O)C2. The molecule has 0 saturated carbocycles. The van der Waals surface area contributed by atoms with E-state index in [9.17, 15) is 9.59 Å². The van der Waals surface area contributed by atoms with Crippen molar-refractivity contribution < 1.29 is 19.1 Å². The van der Waals surface area contributed by atoms with Crippen molar-refractivity contribution in [2.45, 2.75) is 13.3 Å². The number of rotatable bonds is 1. The summed E-state index contributed by atoms with van der Waals surface area (Å²) in [6.07, 6.45) is 0.0841. The lowest BCUT2D eigenvalue weighted by molar-refractivity contribution is -0.137. The number of methoxy groups -OCH3 is 1. The Morgan fingerprint density at radius 2 is 2.20 bits per heavy atom. The molecule has 15 heavy (non-hydrogen) atoms. The van der Waals surface area contributed by atoms with E-state index in [1.807, 2.05) is 0 Å². The molecule has 1 aromatic heterocycles. The van der Waals surface area contributed by atoms with Gasteiger partial charge in [-0.3, -0.25) is 4.79 Å². The minimum Gasteiger partial charge on any atom is -0.480 e. The van der Waals surface area contributed by atoms with E-state index >= 15 is 0 Å². The van der Waals surface area contributed by atoms with Crippen LogP contribution in [0.15, 0.2) is 6.07 Å². The molecule has 0 saturated heterocycles. The van der Waals surface area contributed by atoms with Gasteiger partial charge in [0.05, 0.1) is 13.5 Å². The Morgan fingerprint density at radius 1 is 1.47 bits per heavy atom. The van der Waals surface area contributed by atoms with Gasteiger partial charge >= 0.3 is 11.9 Å². The zero-order chi connectivity index (χ0) is 11.0. The maximum atomic E-state index is 11.4. The molecule has 0 radical (unpaired) electrons. The van der Waals surface area contributed by atoms with Crippen LogP contribution in [0.4, 0.5) is 0 Å². The van der Waals surface area contributed by atoms with Gasteiger partial charge in [0.2, 0.25) is 5.88 Å². The van der Waals surface area contributed by atoms with Crippen molar-refractivity contribution in [3.05, 3.63) is 22.9 Å². The number of pyridine rings is 1. The van der Waals surface area contributed by atoms with Crippen molar-refractivity contribution >= 4 is 11.9 Å². The van der Waals surface area contributed by atoms with Gasteiger partial charge in [0.1, 0.15) is 5.56 Å². The largest absolute Gasteiger partial charge is 0.480 e. The highest BCUT2D eigenvalue weighted by atomic mass is 16.6. The van der Waals surface area contributed by atoms with Crippen molar-refractivity contribution in [3.8, 4) is 5.88 Å². The Balaban J connectivity index is 2.63. The Labute approximate surface area is 86.0 Å². The lowest BCUT2D eigenvalue weighted by Gasteiger charge is -2.16. The third-order valence-electron chi connectivity index (χ3n) is 2.13. The summed E-state index contributed by atoms with van der Waals surface area (Å²) >= 11 is 0. The molecule has 0 unspecified atom stereocenters. The van der Waals surface area contributed by atoms with Crippen LogP contribution in [0.3, 0.4) is 0 Å². The monoisotopic (exact) mass is 207 g/mol. The molecule has 0 aliphatic carbocycles. The molecule has 0 fully saturated rings. The first-order valence-corrected chi connectivity index (χ1v) is 4.41. The molecule has 78 valence electrons. The van der Waals surface area contributed by atoms with Crippen molar-refractivity contribution in [2.24, 2.45) is 0 Å². The maximum absolute atomic E-state index is 11.4. The lowest BCUT2D eigenvalue weighted by Crippen LogP contribution is -2.24. The van der Waals surface area contributed by atoms with Gasteiger partial charge in [0.15, 0.2) is 0 Å². The first-order chi connectivity index (χ1) is 7.11. The summed E-state index contributed by atoms with van der Waals surface area (Å²) in [5, 5.41) is 0. The zero-order valence-electron chi connectivity index (χ0n) is 8.36. The summed E-state index contributed by atoms with van der Waals surface area (Å²) in [4.78, 5) is 26.5. The fourth-order valence-corrected chi connectivity index (χ4v) is 1.56. The lowest BCUT2D eigenvalue weighted by atomic mass is 10.0. The van der Waals surface area contributed by atoms with Gasteiger partial charge in [0.25, 0.3) is 0 Å². The van der Waals surface area contributed by atoms with Gasteiger partial charge in [-0.05, 0) is 18.6 Å². The van der Waals surface area contributed by atoms with E-state index in [1.54, 1.807) is 13.0 Å². The molecule has 1 aliphatic heterocycles. The van der Waals surface area contributed by atoms with Crippen LogP contribution < -0.4 is 4.74 Å². The second-order valence-corrected chi connectivity index (χ2v) is 3.25. The predicted molar refractivity (Wildman–Crippen MR) is 49.7 cm³/mol. The second-order valence-electron chi connectivity index (χ2n) is 3.25. The van der Waals surface area contributed by atoms with Gasteiger partial charge < -0.3 is 9.47 Å². The average molecular weight is 207 g/mol. The van der Waals surface area contributed by atoms with Gasteiger partial charge in [-0.1, -0.05) is 0 Å². The van der Waals surface area contributed by atoms with Crippen LogP contribution in [-0.2, 0) is 16.0 Å². The van der Waals surface area contributed by atoms with E-state index in [4.69, 9.17) is 4.74 Å². The number of hydrogen-bond donors (Lipinski definition) is 0. The number of hydrogen-bond acceptors (Lipinski definition) is 5. The Kier molecular flexibility index (Phi) is 2.15. The quantitative estimate of drug-likeness (QED) is 0.499. The minimum absolute atomic E-state index is 0.0841. The van der Waals surface area contributed by atoms with E-state index in [2.05, 4.69) is 9.72 Å². The van der Waals surface area contributed by atoms with Crippen LogP contribution in [0.25, 0.3) is 0 Å². The number of aromatic nitrogens is 1. The summed E-state index contributed by atoms with van der Waals surface area (Å²) in [6.45, 7) is 1.77. The van der Waals surface area contributed by atoms with Crippen LogP contribution in [-0.4, -0.2) is 24.0 Å². The molecule has 0 N–H and O–H groups in total. The highest BCUT2D eigenvalue weighted by molar-refractivity contribution is 6.03. The molecule has 0 amide bonds. The molecule has 2 heterocycles. The smallest absolute Gasteiger partial charge is 0.351 e. The standard InChI is InChI=1S/C10H9NO4/c1-5-3-6-4-7(12)15-10(13)8(6)9(11-5)14-2/h3H,4H2,1-2H3. The first-order valence-electron chi connectivity index (χ1n) is 4.41. The molecule has 0 bridgehead atoms. The van der Waals surface area contributed by atoms with E-state index in [-0.39, 0.29) is 17.9 Å². The summed E-state index contributed by atoms with van der Waals surface area (Å²) in [7, 11) is 1.42. The highest BCUT2D eigenvalue weighted by Crippen LogP contribution is 2.26. The van der Waals surface area contributed by atoms with Gasteiger partial charge in [-0.25, -0.2) is 9.78 Å². The fraction of sp³-hybridized carbons (Fsp3) is 0.300. The molecule has 0 aromatic carbocycles. The number of carbonyl (C=O) groups is 2. The van der Waals surface area contributed by atoms with Crippen LogP contribution in [0.2, 0.25) is 0 Å². The molecule has 5 nitrogen and oxygen atoms in total. The third kappa shape index (κ3) is 1.56. The summed E-state index contributed by atoms with van der Waals surface area (Å²) in [6, 6.07) is 1.69. The fourth-order valence-electron chi connectivity index (χ4n) is 1.56. The van der Waals surface area contributed by atoms with E-state index < -0.39 is 11.9 Å². The van der Waals surface area contributed by atoms with E-state index in [1.165, 1.54) is 7.11 Å². The average Bonchev–Trinajstić information content (AvgIpc) is 2.14. The summed E-state index contributed by atoms with van der Waals surface area (Å²) < 4.78 is 9.47. The summed E-state index contributed by atoms with van der Waals surface area (Å²) in [5.41, 5.74) is 1.57. The molecule has 5 heteroatoms. The number of fused-ring (bicyclic) bond motifs is 1. The van der Waals surface area contributed by atoms with Crippen LogP contribution in [0, 0.1) is 6.92 Å². The molecule has 0 spiro atoms. The number of aryl methyl sites for hydroxylation is 1. The number of carbonyl (C=O) groups excluding carboxylic acids is 2. The number of cyclic esters (lactones) is 2. The molecular weight excluding hydrogens is 198 g/mol. The topological polar surface area (TPSA) is 65.5 Å². The third-order valence-corrected chi connectivity index (χ3v) is 2.13. The molecule has 1 aliphatic rings. The Bertz CT molecular complexity index is 453. The van der Waals surface area contributed by atoms with Crippen molar-refractivity contribution in [1.29, 1.82) is 0 Å². The Hall–Kier alpha value is -1.91. The van der Waals surface area contributed by atoms with Crippen LogP contribution in [0.1, 0.15) is 21.6 Å². The predicted octanol–water partition coefficient (Wildman–Crippen LogP) is 0.638. The van der Waals surface area contributed by atoms with Gasteiger partial charge in [-0.2, -0.15) is 0 Å². The molecule has 2 rings (SSSR count). The van der Waals surface area contributed by atoms with Gasteiger partial charge in [0, 0.05) is 5.69 Å². The maximum Gasteiger partial charge on any atom is 0.351 e. The zero-order valence-corrected chi connectivity index (χ0v) is 8.36. The normalized spacial score (nSPS) is 14.5. The number of ether oxygens (including phenoxy) is 2. The van der Waals surface area contributed by atoms with Gasteiger partial charge in [-0.15, -0.1) is 0 Å². The molecule has 1 aromatic rings. The van der Waals surface area contributed by atoms with Crippen molar-refractivity contribution in [2.75, 3.05) is 7.11 Å².